The molecule has 0 radical (unpaired) electrons. The molecule has 0 spiro atoms. The van der Waals surface area contributed by atoms with Crippen LogP contribution >= 0.6 is 0 Å². The lowest BCUT2D eigenvalue weighted by atomic mass is 9.86. The third-order valence-electron chi connectivity index (χ3n) is 11.4. The van der Waals surface area contributed by atoms with Crippen LogP contribution in [0.5, 0.6) is 11.5 Å². The average Bonchev–Trinajstić information content (AvgIpc) is 3.88. The van der Waals surface area contributed by atoms with E-state index >= 15 is 0 Å². The van der Waals surface area contributed by atoms with E-state index in [-0.39, 0.29) is 45.2 Å². The van der Waals surface area contributed by atoms with Gasteiger partial charge in [-0.15, -0.1) is 12.0 Å². The van der Waals surface area contributed by atoms with Crippen LogP contribution in [0, 0.1) is 26.2 Å². The average molecular weight is 1100 g/mol. The van der Waals surface area contributed by atoms with Gasteiger partial charge in [0, 0.05) is 51.4 Å². The fourth-order valence-corrected chi connectivity index (χ4v) is 8.35. The number of nitrogens with zero attached hydrogens (tertiary/aromatic N) is 6. The number of nitrogen functional groups attached to an aromatic ring is 2. The van der Waals surface area contributed by atoms with E-state index < -0.39 is 26.0 Å². The molecule has 22 nitrogen and oxygen atoms in total. The summed E-state index contributed by atoms with van der Waals surface area (Å²) >= 11 is 0. The summed E-state index contributed by atoms with van der Waals surface area (Å²) in [4.78, 5) is 37.0. The Kier molecular flexibility index (Phi) is 19.0. The highest BCUT2D eigenvalue weighted by molar-refractivity contribution is 7.92. The molecule has 410 valence electrons. The predicted molar refractivity (Wildman–Crippen MR) is 309 cm³/mol. The van der Waals surface area contributed by atoms with Crippen molar-refractivity contribution in [3.63, 3.8) is 0 Å². The van der Waals surface area contributed by atoms with Crippen LogP contribution < -0.4 is 57.0 Å². The maximum atomic E-state index is 13.4. The minimum absolute atomic E-state index is 0.184. The number of hydrazine groups is 2. The number of carbonyl (C=O) groups is 2. The summed E-state index contributed by atoms with van der Waals surface area (Å²) < 4.78 is 63.6. The van der Waals surface area contributed by atoms with E-state index in [4.69, 9.17) is 32.9 Å². The Morgan fingerprint density at radius 1 is 0.705 bits per heavy atom. The Balaban J connectivity index is 0.000000253. The molecular weight excluding hydrogens is 1040 g/mol. The van der Waals surface area contributed by atoms with Crippen LogP contribution in [0.2, 0.25) is 0 Å². The van der Waals surface area contributed by atoms with Crippen molar-refractivity contribution in [1.82, 2.24) is 20.9 Å². The molecule has 0 saturated heterocycles. The molecule has 4 aromatic carbocycles. The van der Waals surface area contributed by atoms with Crippen molar-refractivity contribution in [2.24, 2.45) is 5.11 Å². The zero-order valence-electron chi connectivity index (χ0n) is 45.3. The van der Waals surface area contributed by atoms with Gasteiger partial charge in [-0.05, 0) is 125 Å². The number of benzene rings is 4. The van der Waals surface area contributed by atoms with Crippen LogP contribution in [-0.4, -0.2) is 65.3 Å². The number of amides is 2. The minimum Gasteiger partial charge on any atom is -0.492 e. The third kappa shape index (κ3) is 16.5. The molecule has 0 saturated carbocycles. The zero-order chi connectivity index (χ0) is 57.9. The van der Waals surface area contributed by atoms with Crippen molar-refractivity contribution in [3.8, 4) is 23.8 Å². The molecular formula is C54H64N14O8S2. The summed E-state index contributed by atoms with van der Waals surface area (Å²) in [6.07, 6.45) is 12.3. The molecule has 0 unspecified atom stereocenters. The second-order valence-electron chi connectivity index (χ2n) is 19.8. The molecule has 1 aliphatic heterocycles. The number of azide groups is 1. The van der Waals surface area contributed by atoms with Crippen molar-refractivity contribution >= 4 is 83.3 Å². The Labute approximate surface area is 455 Å². The van der Waals surface area contributed by atoms with Crippen LogP contribution in [0.25, 0.3) is 16.1 Å². The fraction of sp³-hybridized carbons (Fsp3) is 0.259. The van der Waals surface area contributed by atoms with Gasteiger partial charge in [0.25, 0.3) is 11.8 Å². The zero-order valence-corrected chi connectivity index (χ0v) is 46.9. The molecule has 0 fully saturated rings. The molecule has 3 heterocycles. The maximum absolute atomic E-state index is 13.4. The number of hydrogen-bond donors (Lipinski definition) is 8. The monoisotopic (exact) mass is 1100 g/mol. The predicted octanol–water partition coefficient (Wildman–Crippen LogP) is 9.24. The summed E-state index contributed by atoms with van der Waals surface area (Å²) in [6.45, 7) is 15.6. The molecule has 0 atom stereocenters. The van der Waals surface area contributed by atoms with Gasteiger partial charge in [-0.3, -0.25) is 24.0 Å². The molecule has 0 bridgehead atoms. The van der Waals surface area contributed by atoms with Crippen LogP contribution in [0.4, 0.5) is 45.8 Å². The lowest BCUT2D eigenvalue weighted by molar-refractivity contribution is 0.101. The molecule has 24 heteroatoms. The van der Waals surface area contributed by atoms with E-state index in [9.17, 15) is 26.4 Å². The largest absolute Gasteiger partial charge is 0.492 e. The number of nitrogens with two attached hydrogens (primary N) is 2. The van der Waals surface area contributed by atoms with Crippen LogP contribution in [0.1, 0.15) is 95.6 Å². The highest BCUT2D eigenvalue weighted by Crippen LogP contribution is 2.41. The standard InChI is InChI=1S/C27H33N7O4S.C20H25N5O4S.C7H6N2/c1-16-7-8-17(11-23(16)34-15-22(31-33-34)18-9-10-24(28)29-14-18)26(35)30-20-12-19(27(2,3)4)13-21(25(20)38-5)32-39(6,36)37;1-12-7-8-13(9-15(12)23-25-21)19(26)22-16-10-14(20(2,3)4)11-17(18(16)29-5)24-30(6,27)28;1-2-6-3-4-7(8)9-5-6/h7-15,31-33H,1-6H3,(H2,28,29)(H,30,35);7-11,24H,1-6H3,(H,22,26);1,3-5H,(H2,8,9). The van der Waals surface area contributed by atoms with Gasteiger partial charge in [0.1, 0.15) is 11.6 Å². The Hall–Kier alpha value is -9.01. The number of aryl methyl sites for hydroxylation is 2. The number of methoxy groups -OCH3 is 2. The first-order valence-corrected chi connectivity index (χ1v) is 27.4. The Morgan fingerprint density at radius 2 is 1.18 bits per heavy atom. The topological polar surface area (TPSA) is 323 Å². The second kappa shape index (κ2) is 24.8. The van der Waals surface area contributed by atoms with E-state index in [1.54, 1.807) is 91.1 Å². The summed E-state index contributed by atoms with van der Waals surface area (Å²) in [5, 5.41) is 11.0. The summed E-state index contributed by atoms with van der Waals surface area (Å²) in [5.41, 5.74) is 33.8. The lowest BCUT2D eigenvalue weighted by Crippen LogP contribution is -2.36. The van der Waals surface area contributed by atoms with Crippen molar-refractivity contribution in [2.45, 2.75) is 66.2 Å². The maximum Gasteiger partial charge on any atom is 0.255 e. The Morgan fingerprint density at radius 3 is 1.60 bits per heavy atom. The fourth-order valence-electron chi connectivity index (χ4n) is 7.25. The van der Waals surface area contributed by atoms with Gasteiger partial charge in [0.15, 0.2) is 11.5 Å². The first kappa shape index (κ1) is 59.9. The van der Waals surface area contributed by atoms with Gasteiger partial charge >= 0.3 is 0 Å². The highest BCUT2D eigenvalue weighted by atomic mass is 32.2. The molecule has 1 aliphatic rings. The highest BCUT2D eigenvalue weighted by Gasteiger charge is 2.25. The van der Waals surface area contributed by atoms with E-state index in [0.717, 1.165) is 57.3 Å². The summed E-state index contributed by atoms with van der Waals surface area (Å²) in [6, 6.07) is 24.0. The van der Waals surface area contributed by atoms with Crippen molar-refractivity contribution < 1.29 is 35.9 Å². The molecule has 2 amide bonds. The smallest absolute Gasteiger partial charge is 0.255 e. The Bertz CT molecular complexity index is 3570. The number of sulfonamides is 2. The minimum atomic E-state index is -3.59. The molecule has 7 rings (SSSR count). The number of carbonyl (C=O) groups excluding carboxylic acids is 2. The molecule has 2 aromatic heterocycles. The van der Waals surface area contributed by atoms with E-state index in [2.05, 4.69) is 57.0 Å². The van der Waals surface area contributed by atoms with Gasteiger partial charge in [-0.25, -0.2) is 26.8 Å². The number of hydrogen-bond acceptors (Lipinski definition) is 16. The van der Waals surface area contributed by atoms with Gasteiger partial charge in [0.05, 0.1) is 60.9 Å². The normalized spacial score (nSPS) is 12.1. The number of ether oxygens (including phenoxy) is 2. The molecule has 10 N–H and O–H groups in total. The van der Waals surface area contributed by atoms with E-state index in [1.807, 2.05) is 66.8 Å². The van der Waals surface area contributed by atoms with E-state index in [1.165, 1.54) is 20.3 Å². The number of nitrogens with one attached hydrogen (secondary N) is 6. The first-order valence-electron chi connectivity index (χ1n) is 23.7. The van der Waals surface area contributed by atoms with Crippen LogP contribution in [-0.2, 0) is 30.9 Å². The quantitative estimate of drug-likeness (QED) is 0.0231. The van der Waals surface area contributed by atoms with Crippen LogP contribution in [0.15, 0.2) is 109 Å². The SMILES string of the molecule is C#Cc1ccc(N)nc1.COc1c(NC(=O)c2ccc(C)c(N3C=C(c4ccc(N)nc4)NN3)c2)cc(C(C)(C)C)cc1NS(C)(=O)=O.COc1c(NC(=O)c2ccc(C)c(N=[N+]=[N-])c2)cc(C(C)(C)C)cc1NS(C)(=O)=O. The molecule has 78 heavy (non-hydrogen) atoms. The first-order chi connectivity index (χ1) is 36.4. The molecule has 0 aliphatic carbocycles. The lowest BCUT2D eigenvalue weighted by Gasteiger charge is -2.24. The van der Waals surface area contributed by atoms with Gasteiger partial charge < -0.3 is 37.0 Å². The van der Waals surface area contributed by atoms with Gasteiger partial charge in [-0.1, -0.05) is 64.7 Å². The van der Waals surface area contributed by atoms with Crippen molar-refractivity contribution in [3.05, 3.63) is 158 Å². The van der Waals surface area contributed by atoms with E-state index in [0.29, 0.717) is 34.3 Å². The number of pyridine rings is 2. The number of aromatic nitrogens is 2. The van der Waals surface area contributed by atoms with Gasteiger partial charge in [-0.2, -0.15) is 0 Å². The third-order valence-corrected chi connectivity index (χ3v) is 12.6. The van der Waals surface area contributed by atoms with Gasteiger partial charge in [0.2, 0.25) is 20.0 Å². The van der Waals surface area contributed by atoms with Crippen LogP contribution in [0.3, 0.4) is 0 Å². The summed E-state index contributed by atoms with van der Waals surface area (Å²) in [5.74, 6) is 2.91. The summed E-state index contributed by atoms with van der Waals surface area (Å²) in [7, 11) is -4.36. The number of terminal acetylenes is 1. The van der Waals surface area contributed by atoms with Crippen molar-refractivity contribution in [2.75, 3.05) is 63.3 Å². The number of rotatable bonds is 13. The second-order valence-corrected chi connectivity index (χ2v) is 23.3. The molecule has 6 aromatic rings. The number of anilines is 7. The van der Waals surface area contributed by atoms with Crippen molar-refractivity contribution in [1.29, 1.82) is 0 Å².